The topological polar surface area (TPSA) is 40.6 Å². The molecule has 0 aliphatic carbocycles. The van der Waals surface area contributed by atoms with Gasteiger partial charge in [-0.15, -0.1) is 0 Å². The molecule has 4 nitrogen and oxygen atoms in total. The summed E-state index contributed by atoms with van der Waals surface area (Å²) >= 11 is 4.64. The van der Waals surface area contributed by atoms with Gasteiger partial charge in [0.25, 0.3) is 0 Å². The third kappa shape index (κ3) is 3.04. The van der Waals surface area contributed by atoms with E-state index in [1.165, 1.54) is 0 Å². The quantitative estimate of drug-likeness (QED) is 0.475. The van der Waals surface area contributed by atoms with Gasteiger partial charge in [-0.2, -0.15) is 0 Å². The van der Waals surface area contributed by atoms with Crippen molar-refractivity contribution in [2.75, 3.05) is 32.1 Å². The normalized spacial score (nSPS) is 19.9. The number of thiol groups is 1. The first kappa shape index (κ1) is 9.88. The Morgan fingerprint density at radius 3 is 2.25 bits per heavy atom. The van der Waals surface area contributed by atoms with Gasteiger partial charge in [0.15, 0.2) is 10.7 Å². The first-order valence-corrected chi connectivity index (χ1v) is 5.46. The van der Waals surface area contributed by atoms with Crippen molar-refractivity contribution >= 4 is 28.4 Å². The highest BCUT2D eigenvalue weighted by Gasteiger charge is 2.14. The molecule has 1 aliphatic heterocycles. The third-order valence-electron chi connectivity index (χ3n) is 1.82. The lowest BCUT2D eigenvalue weighted by Gasteiger charge is -2.31. The predicted octanol–water partition coefficient (Wildman–Crippen LogP) is -0.993. The van der Waals surface area contributed by atoms with E-state index in [9.17, 15) is 8.42 Å². The number of nitrogens with zero attached hydrogens (tertiary/aromatic N) is 2. The third-order valence-corrected chi connectivity index (χ3v) is 2.71. The van der Waals surface area contributed by atoms with Crippen LogP contribution in [0.25, 0.3) is 0 Å². The monoisotopic (exact) mass is 207 g/mol. The molecule has 1 aliphatic rings. The zero-order valence-electron chi connectivity index (χ0n) is 6.60. The summed E-state index contributed by atoms with van der Waals surface area (Å²) in [7, 11) is -2.28. The molecule has 12 heavy (non-hydrogen) atoms. The average Bonchev–Trinajstić information content (AvgIpc) is 2.05. The van der Waals surface area contributed by atoms with Gasteiger partial charge in [-0.1, -0.05) is 12.2 Å². The Balaban J connectivity index is 2.30. The molecule has 0 unspecified atom stereocenters. The minimum atomic E-state index is -2.28. The summed E-state index contributed by atoms with van der Waals surface area (Å²) < 4.78 is 20.7. The van der Waals surface area contributed by atoms with Gasteiger partial charge in [0, 0.05) is 26.2 Å². The predicted molar refractivity (Wildman–Crippen MR) is 50.9 cm³/mol. The van der Waals surface area contributed by atoms with E-state index in [0.717, 1.165) is 26.2 Å². The highest BCUT2D eigenvalue weighted by molar-refractivity contribution is 7.78. The van der Waals surface area contributed by atoms with Crippen LogP contribution in [0.3, 0.4) is 0 Å². The summed E-state index contributed by atoms with van der Waals surface area (Å²) in [5, 5.41) is 0. The first-order valence-electron chi connectivity index (χ1n) is 3.69. The van der Waals surface area contributed by atoms with Crippen LogP contribution >= 0.6 is 12.2 Å². The molecule has 0 aromatic rings. The molecule has 0 spiro atoms. The standard InChI is InChI=1S/C6H11N2O2S2/c9-12(10)6-8-3-1-7(5-11)2-4-8/h12H,1-4,6H2. The summed E-state index contributed by atoms with van der Waals surface area (Å²) in [5.74, 6) is 0.167. The number of rotatable bonds is 3. The van der Waals surface area contributed by atoms with E-state index in [1.807, 2.05) is 9.80 Å². The van der Waals surface area contributed by atoms with Gasteiger partial charge < -0.3 is 4.90 Å². The van der Waals surface area contributed by atoms with Crippen LogP contribution in [0.2, 0.25) is 0 Å². The molecule has 1 heterocycles. The van der Waals surface area contributed by atoms with Crippen LogP contribution in [0.4, 0.5) is 0 Å². The highest BCUT2D eigenvalue weighted by Crippen LogP contribution is 1.98. The van der Waals surface area contributed by atoms with Crippen LogP contribution in [0.1, 0.15) is 0 Å². The molecule has 1 rings (SSSR count). The lowest BCUT2D eigenvalue weighted by molar-refractivity contribution is 0.211. The van der Waals surface area contributed by atoms with E-state index in [-0.39, 0.29) is 5.88 Å². The molecular formula is C6H11N2O2S2. The van der Waals surface area contributed by atoms with Crippen LogP contribution < -0.4 is 0 Å². The first-order chi connectivity index (χ1) is 5.72. The Kier molecular flexibility index (Phi) is 3.90. The number of piperazine rings is 1. The maximum Gasteiger partial charge on any atom is 0.153 e. The zero-order valence-corrected chi connectivity index (χ0v) is 8.31. The van der Waals surface area contributed by atoms with Crippen molar-refractivity contribution in [3.63, 3.8) is 0 Å². The second-order valence-corrected chi connectivity index (χ2v) is 3.80. The van der Waals surface area contributed by atoms with Crippen molar-refractivity contribution in [2.24, 2.45) is 0 Å². The maximum atomic E-state index is 10.4. The van der Waals surface area contributed by atoms with E-state index in [1.54, 1.807) is 0 Å². The van der Waals surface area contributed by atoms with Gasteiger partial charge in [-0.05, 0) is 0 Å². The molecule has 0 aromatic carbocycles. The fourth-order valence-corrected chi connectivity index (χ4v) is 1.94. The van der Waals surface area contributed by atoms with E-state index in [0.29, 0.717) is 0 Å². The molecule has 1 fully saturated rings. The van der Waals surface area contributed by atoms with Crippen molar-refractivity contribution in [1.29, 1.82) is 0 Å². The second-order valence-electron chi connectivity index (χ2n) is 2.67. The van der Waals surface area contributed by atoms with Crippen molar-refractivity contribution in [3.8, 4) is 0 Å². The second kappa shape index (κ2) is 4.74. The maximum absolute atomic E-state index is 10.4. The number of hydrogen-bond acceptors (Lipinski definition) is 4. The zero-order chi connectivity index (χ0) is 8.97. The van der Waals surface area contributed by atoms with E-state index in [4.69, 9.17) is 0 Å². The molecular weight excluding hydrogens is 196 g/mol. The van der Waals surface area contributed by atoms with Crippen molar-refractivity contribution in [1.82, 2.24) is 9.80 Å². The summed E-state index contributed by atoms with van der Waals surface area (Å²) in [4.78, 5) is 3.79. The van der Waals surface area contributed by atoms with Crippen LogP contribution in [0.5, 0.6) is 0 Å². The Morgan fingerprint density at radius 1 is 1.25 bits per heavy atom. The van der Waals surface area contributed by atoms with Crippen LogP contribution in [0.15, 0.2) is 0 Å². The molecule has 0 aromatic heterocycles. The van der Waals surface area contributed by atoms with E-state index < -0.39 is 10.7 Å². The Hall–Kier alpha value is -0.200. The molecule has 1 saturated heterocycles. The minimum absolute atomic E-state index is 0.167. The van der Waals surface area contributed by atoms with E-state index in [2.05, 4.69) is 17.7 Å². The van der Waals surface area contributed by atoms with Gasteiger partial charge in [0.2, 0.25) is 0 Å². The SMILES string of the molecule is O=[SH](=O)CN1CCN([C]=S)CC1. The van der Waals surface area contributed by atoms with Crippen molar-refractivity contribution in [3.05, 3.63) is 0 Å². The van der Waals surface area contributed by atoms with Gasteiger partial charge in [-0.3, -0.25) is 4.90 Å². The minimum Gasteiger partial charge on any atom is -0.358 e. The fraction of sp³-hybridized carbons (Fsp3) is 0.833. The molecule has 1 radical (unpaired) electrons. The van der Waals surface area contributed by atoms with E-state index >= 15 is 0 Å². The molecule has 0 saturated carbocycles. The lowest BCUT2D eigenvalue weighted by Crippen LogP contribution is -2.45. The van der Waals surface area contributed by atoms with Crippen molar-refractivity contribution < 1.29 is 8.42 Å². The number of hydrogen-bond donors (Lipinski definition) is 1. The molecule has 0 atom stereocenters. The number of thiocarbonyl (C=S) groups is 1. The highest BCUT2D eigenvalue weighted by atomic mass is 32.2. The lowest BCUT2D eigenvalue weighted by atomic mass is 10.4. The Labute approximate surface area is 79.1 Å². The van der Waals surface area contributed by atoms with Gasteiger partial charge >= 0.3 is 0 Å². The van der Waals surface area contributed by atoms with Gasteiger partial charge in [0.1, 0.15) is 5.49 Å². The Morgan fingerprint density at radius 2 is 1.83 bits per heavy atom. The van der Waals surface area contributed by atoms with Crippen LogP contribution in [0, 0.1) is 0 Å². The largest absolute Gasteiger partial charge is 0.358 e. The van der Waals surface area contributed by atoms with Gasteiger partial charge in [-0.25, -0.2) is 8.42 Å². The smallest absolute Gasteiger partial charge is 0.153 e. The summed E-state index contributed by atoms with van der Waals surface area (Å²) in [5.41, 5.74) is 2.62. The Bertz CT molecular complexity index is 214. The summed E-state index contributed by atoms with van der Waals surface area (Å²) in [6, 6.07) is 0. The summed E-state index contributed by atoms with van der Waals surface area (Å²) in [6.07, 6.45) is 0. The molecule has 0 N–H and O–H groups in total. The molecule has 6 heteroatoms. The van der Waals surface area contributed by atoms with Gasteiger partial charge in [0.05, 0.1) is 5.88 Å². The van der Waals surface area contributed by atoms with Crippen LogP contribution in [-0.4, -0.2) is 55.8 Å². The van der Waals surface area contributed by atoms with Crippen LogP contribution in [-0.2, 0) is 10.7 Å². The van der Waals surface area contributed by atoms with Crippen molar-refractivity contribution in [2.45, 2.75) is 0 Å². The molecule has 0 amide bonds. The molecule has 0 bridgehead atoms. The molecule has 69 valence electrons. The summed E-state index contributed by atoms with van der Waals surface area (Å²) in [6.45, 7) is 3.08. The fourth-order valence-electron chi connectivity index (χ4n) is 1.14. The average molecular weight is 207 g/mol.